The van der Waals surface area contributed by atoms with Crippen LogP contribution >= 0.6 is 15.2 Å². The first kappa shape index (κ1) is 18.9. The van der Waals surface area contributed by atoms with E-state index < -0.39 is 26.7 Å². The quantitative estimate of drug-likeness (QED) is 0.169. The maximum Gasteiger partial charge on any atom is 0.369 e. The molecule has 0 rings (SSSR count). The summed E-state index contributed by atoms with van der Waals surface area (Å²) in [5.74, 6) is 0. The Morgan fingerprint density at radius 2 is 1.41 bits per heavy atom. The number of nitrogens with zero attached hydrogens (tertiary/aromatic N) is 3. The summed E-state index contributed by atoms with van der Waals surface area (Å²) >= 11 is 0. The fourth-order valence-electron chi connectivity index (χ4n) is 0.800. The van der Waals surface area contributed by atoms with Gasteiger partial charge in [0.05, 0.1) is 0 Å². The minimum absolute atomic E-state index is 0.0394. The predicted octanol–water partition coefficient (Wildman–Crippen LogP) is -0.407. The lowest BCUT2D eigenvalue weighted by Crippen LogP contribution is -2.29. The molecule has 0 saturated heterocycles. The molecule has 0 spiro atoms. The van der Waals surface area contributed by atoms with Crippen LogP contribution in [0.3, 0.4) is 0 Å². The van der Waals surface area contributed by atoms with Crippen LogP contribution in [0.1, 0.15) is 12.8 Å². The average Bonchev–Trinajstić information content (AvgIpc) is 2.11. The van der Waals surface area contributed by atoms with Gasteiger partial charge >= 0.3 is 15.2 Å². The Morgan fingerprint density at radius 1 is 1.12 bits per heavy atom. The molecule has 0 fully saturated rings. The van der Waals surface area contributed by atoms with Gasteiger partial charge in [0, 0.05) is 6.42 Å². The van der Waals surface area contributed by atoms with Crippen LogP contribution in [0.2, 0.25) is 0 Å². The molecule has 17 heavy (non-hydrogen) atoms. The summed E-state index contributed by atoms with van der Waals surface area (Å²) in [5.41, 5.74) is 18.5. The van der Waals surface area contributed by atoms with E-state index >= 15 is 0 Å². The van der Waals surface area contributed by atoms with Gasteiger partial charge in [-0.3, -0.25) is 14.0 Å². The monoisotopic (exact) mass is 291 g/mol. The molecule has 0 aliphatic heterocycles. The van der Waals surface area contributed by atoms with Crippen LogP contribution in [-0.4, -0.2) is 36.3 Å². The molecule has 0 bridgehead atoms. The molecule has 0 unspecified atom stereocenters. The lowest BCUT2D eigenvalue weighted by Gasteiger charge is -2.28. The molecule has 0 aromatic rings. The normalized spacial score (nSPS) is 12.4. The molecule has 0 aromatic carbocycles. The first-order valence-electron chi connectivity index (χ1n) is 4.00. The Kier molecular flexibility index (Phi) is 7.86. The molecular weight excluding hydrogens is 278 g/mol. The van der Waals surface area contributed by atoms with E-state index in [1.54, 1.807) is 0 Å². The van der Waals surface area contributed by atoms with E-state index in [0.29, 0.717) is 0 Å². The average molecular weight is 291 g/mol. The summed E-state index contributed by atoms with van der Waals surface area (Å²) in [6, 6.07) is 0. The zero-order chi connectivity index (χ0) is 14.3. The Bertz CT molecular complexity index is 333. The van der Waals surface area contributed by atoms with Crippen LogP contribution in [0.15, 0.2) is 0 Å². The van der Waals surface area contributed by atoms with E-state index in [1.165, 1.54) is 4.91 Å². The van der Waals surface area contributed by atoms with Crippen molar-refractivity contribution in [1.29, 1.82) is 0 Å². The van der Waals surface area contributed by atoms with Gasteiger partial charge < -0.3 is 41.5 Å². The van der Waals surface area contributed by atoms with Crippen LogP contribution in [0.4, 0.5) is 0 Å². The molecule has 0 aromatic heterocycles. The van der Waals surface area contributed by atoms with Crippen LogP contribution in [-0.2, 0) is 9.13 Å². The number of hydrogen-bond acceptors (Lipinski definition) is 4. The van der Waals surface area contributed by atoms with Crippen molar-refractivity contribution in [3.8, 4) is 0 Å². The topological polar surface area (TPSA) is 220 Å². The Labute approximate surface area is 96.0 Å². The molecule has 0 radical (unpaired) electrons. The number of aliphatic hydroxyl groups is 1. The number of nitrogens with two attached hydrogens (primary N) is 1. The van der Waals surface area contributed by atoms with Gasteiger partial charge in [0.2, 0.25) is 0 Å². The zero-order valence-corrected chi connectivity index (χ0v) is 10.3. The summed E-state index contributed by atoms with van der Waals surface area (Å²) in [4.78, 5) is 36.0. The summed E-state index contributed by atoms with van der Waals surface area (Å²) in [6.45, 7) is -0.0394. The summed E-state index contributed by atoms with van der Waals surface area (Å²) < 4.78 is 21.4. The predicted molar refractivity (Wildman–Crippen MR) is 57.4 cm³/mol. The molecule has 0 aliphatic rings. The highest BCUT2D eigenvalue weighted by Gasteiger charge is 2.58. The minimum atomic E-state index is -5.30. The molecule has 0 saturated carbocycles. The fraction of sp³-hybridized carbons (Fsp3) is 1.00. The first-order chi connectivity index (χ1) is 7.47. The van der Waals surface area contributed by atoms with E-state index in [1.807, 2.05) is 0 Å². The smallest absolute Gasteiger partial charge is 0.369 e. The molecule has 102 valence electrons. The van der Waals surface area contributed by atoms with Crippen molar-refractivity contribution in [2.45, 2.75) is 17.9 Å². The molecule has 13 heteroatoms. The lowest BCUT2D eigenvalue weighted by molar-refractivity contribution is 0.121. The van der Waals surface area contributed by atoms with Gasteiger partial charge in [-0.05, 0) is 13.0 Å². The van der Waals surface area contributed by atoms with Crippen LogP contribution in [0.5, 0.6) is 0 Å². The van der Waals surface area contributed by atoms with Gasteiger partial charge in [0.15, 0.2) is 0 Å². The van der Waals surface area contributed by atoms with Crippen molar-refractivity contribution in [3.05, 3.63) is 16.0 Å². The summed E-state index contributed by atoms with van der Waals surface area (Å²) in [6.07, 6.45) is -0.856. The molecule has 7 N–H and O–H groups in total. The third-order valence-electron chi connectivity index (χ3n) is 1.65. The number of rotatable bonds is 5. The van der Waals surface area contributed by atoms with Gasteiger partial charge in [-0.1, -0.05) is 0 Å². The minimum Gasteiger partial charge on any atom is -0.373 e. The first-order valence-corrected chi connectivity index (χ1v) is 7.22. The SMILES string of the molecule is NCCCC(O)(P(=O)(O)O)P(=O)(O)O.[N-]=[N+]=[N-]. The molecular formula is C4H13N4O7P2-. The van der Waals surface area contributed by atoms with Crippen LogP contribution < -0.4 is 5.73 Å². The Balaban J connectivity index is 0. The van der Waals surface area contributed by atoms with E-state index in [9.17, 15) is 14.2 Å². The Hall–Kier alpha value is -0.470. The van der Waals surface area contributed by atoms with Crippen molar-refractivity contribution in [3.63, 3.8) is 0 Å². The summed E-state index contributed by atoms with van der Waals surface area (Å²) in [5, 5.41) is 5.91. The second-order valence-corrected chi connectivity index (χ2v) is 6.85. The van der Waals surface area contributed by atoms with Crippen LogP contribution in [0, 0.1) is 0 Å². The van der Waals surface area contributed by atoms with Gasteiger partial charge in [0.1, 0.15) is 0 Å². The largest absolute Gasteiger partial charge is 0.373 e. The van der Waals surface area contributed by atoms with E-state index in [4.69, 9.17) is 36.4 Å². The highest BCUT2D eigenvalue weighted by molar-refractivity contribution is 7.72. The molecule has 0 aliphatic carbocycles. The van der Waals surface area contributed by atoms with E-state index in [-0.39, 0.29) is 13.0 Å². The van der Waals surface area contributed by atoms with Crippen molar-refractivity contribution >= 4 is 15.2 Å². The molecule has 11 nitrogen and oxygen atoms in total. The van der Waals surface area contributed by atoms with Crippen molar-refractivity contribution in [2.24, 2.45) is 5.73 Å². The third kappa shape index (κ3) is 5.60. The standard InChI is InChI=1S/C4H13NO7P2.N3/c5-3-1-2-4(6,13(7,8)9)14(10,11)12;1-3-2/h6H,1-3,5H2,(H2,7,8,9)(H2,10,11,12);/q;-1. The maximum atomic E-state index is 10.7. The third-order valence-corrected chi connectivity index (χ3v) is 5.53. The zero-order valence-electron chi connectivity index (χ0n) is 8.49. The van der Waals surface area contributed by atoms with Crippen LogP contribution in [0.25, 0.3) is 16.0 Å². The lowest BCUT2D eigenvalue weighted by atomic mass is 10.3. The van der Waals surface area contributed by atoms with E-state index in [0.717, 1.165) is 0 Å². The molecule has 0 atom stereocenters. The fourth-order valence-corrected chi connectivity index (χ4v) is 3.06. The van der Waals surface area contributed by atoms with Gasteiger partial charge in [0.25, 0.3) is 5.08 Å². The van der Waals surface area contributed by atoms with Gasteiger partial charge in [-0.25, -0.2) is 0 Å². The maximum absolute atomic E-state index is 10.7. The molecule has 0 amide bonds. The second-order valence-electron chi connectivity index (χ2n) is 2.84. The van der Waals surface area contributed by atoms with E-state index in [2.05, 4.69) is 0 Å². The second kappa shape index (κ2) is 7.07. The van der Waals surface area contributed by atoms with Crippen molar-refractivity contribution in [2.75, 3.05) is 6.54 Å². The van der Waals surface area contributed by atoms with Gasteiger partial charge in [-0.2, -0.15) is 0 Å². The molecule has 0 heterocycles. The van der Waals surface area contributed by atoms with Gasteiger partial charge in [-0.15, -0.1) is 0 Å². The highest BCUT2D eigenvalue weighted by Crippen LogP contribution is 2.69. The highest BCUT2D eigenvalue weighted by atomic mass is 31.2. The van der Waals surface area contributed by atoms with Crippen molar-refractivity contribution < 1.29 is 33.8 Å². The van der Waals surface area contributed by atoms with Crippen molar-refractivity contribution in [1.82, 2.24) is 0 Å². The number of hydrogen-bond donors (Lipinski definition) is 6. The summed E-state index contributed by atoms with van der Waals surface area (Å²) in [7, 11) is -10.6. The Morgan fingerprint density at radius 3 is 1.59 bits per heavy atom.